The standard InChI is InChI=1S/C15H24N4O2/c1-21-10-9-18-5-2-6-19(8-7-18)15(20)11-14-4-3-13(16)12-17-14/h3-4,12H,2,5-11,16H2,1H3. The van der Waals surface area contributed by atoms with E-state index in [1.54, 1.807) is 19.4 Å². The maximum Gasteiger partial charge on any atom is 0.228 e. The summed E-state index contributed by atoms with van der Waals surface area (Å²) in [5, 5.41) is 0. The molecule has 2 N–H and O–H groups in total. The smallest absolute Gasteiger partial charge is 0.228 e. The highest BCUT2D eigenvalue weighted by Crippen LogP contribution is 2.07. The molecule has 0 unspecified atom stereocenters. The number of methoxy groups -OCH3 is 1. The first-order valence-electron chi connectivity index (χ1n) is 7.38. The minimum Gasteiger partial charge on any atom is -0.397 e. The minimum absolute atomic E-state index is 0.140. The number of rotatable bonds is 5. The Hall–Kier alpha value is -1.66. The molecule has 1 fully saturated rings. The van der Waals surface area contributed by atoms with Gasteiger partial charge in [0, 0.05) is 39.0 Å². The van der Waals surface area contributed by atoms with Gasteiger partial charge in [-0.3, -0.25) is 14.7 Å². The Labute approximate surface area is 125 Å². The first-order chi connectivity index (χ1) is 10.2. The summed E-state index contributed by atoms with van der Waals surface area (Å²) in [6.07, 6.45) is 2.94. The van der Waals surface area contributed by atoms with Gasteiger partial charge in [-0.25, -0.2) is 0 Å². The lowest BCUT2D eigenvalue weighted by atomic mass is 10.2. The zero-order valence-electron chi connectivity index (χ0n) is 12.6. The molecule has 1 saturated heterocycles. The van der Waals surface area contributed by atoms with Crippen LogP contribution in [-0.4, -0.2) is 67.1 Å². The molecule has 2 heterocycles. The number of anilines is 1. The molecule has 2 rings (SSSR count). The van der Waals surface area contributed by atoms with Crippen molar-refractivity contribution in [3.05, 3.63) is 24.0 Å². The van der Waals surface area contributed by atoms with Crippen molar-refractivity contribution >= 4 is 11.6 Å². The molecular weight excluding hydrogens is 268 g/mol. The number of pyridine rings is 1. The van der Waals surface area contributed by atoms with Gasteiger partial charge in [0.1, 0.15) is 0 Å². The van der Waals surface area contributed by atoms with E-state index < -0.39 is 0 Å². The number of nitrogens with zero attached hydrogens (tertiary/aromatic N) is 3. The summed E-state index contributed by atoms with van der Waals surface area (Å²) in [6, 6.07) is 3.60. The highest BCUT2D eigenvalue weighted by molar-refractivity contribution is 5.78. The van der Waals surface area contributed by atoms with E-state index in [0.717, 1.165) is 51.4 Å². The third kappa shape index (κ3) is 4.99. The zero-order valence-corrected chi connectivity index (χ0v) is 12.6. The van der Waals surface area contributed by atoms with Crippen molar-refractivity contribution in [1.29, 1.82) is 0 Å². The Balaban J connectivity index is 1.83. The number of carbonyl (C=O) groups excluding carboxylic acids is 1. The predicted molar refractivity (Wildman–Crippen MR) is 81.9 cm³/mol. The van der Waals surface area contributed by atoms with Crippen molar-refractivity contribution < 1.29 is 9.53 Å². The fourth-order valence-electron chi connectivity index (χ4n) is 2.47. The third-order valence-corrected chi connectivity index (χ3v) is 3.73. The molecule has 6 heteroatoms. The molecule has 0 saturated carbocycles. The van der Waals surface area contributed by atoms with Crippen molar-refractivity contribution in [2.75, 3.05) is 52.2 Å². The van der Waals surface area contributed by atoms with Gasteiger partial charge < -0.3 is 15.4 Å². The molecular formula is C15H24N4O2. The van der Waals surface area contributed by atoms with Gasteiger partial charge in [-0.05, 0) is 25.1 Å². The first kappa shape index (κ1) is 15.7. The van der Waals surface area contributed by atoms with Gasteiger partial charge in [0.15, 0.2) is 0 Å². The summed E-state index contributed by atoms with van der Waals surface area (Å²) < 4.78 is 5.11. The van der Waals surface area contributed by atoms with Crippen LogP contribution in [0.25, 0.3) is 0 Å². The number of hydrogen-bond donors (Lipinski definition) is 1. The van der Waals surface area contributed by atoms with Crippen LogP contribution in [-0.2, 0) is 16.0 Å². The SMILES string of the molecule is COCCN1CCCN(C(=O)Cc2ccc(N)cn2)CC1. The number of ether oxygens (including phenoxy) is 1. The molecule has 0 bridgehead atoms. The summed E-state index contributed by atoms with van der Waals surface area (Å²) in [6.45, 7) is 5.19. The van der Waals surface area contributed by atoms with E-state index in [9.17, 15) is 4.79 Å². The fourth-order valence-corrected chi connectivity index (χ4v) is 2.47. The third-order valence-electron chi connectivity index (χ3n) is 3.73. The largest absolute Gasteiger partial charge is 0.397 e. The zero-order chi connectivity index (χ0) is 15.1. The van der Waals surface area contributed by atoms with E-state index in [1.807, 2.05) is 11.0 Å². The minimum atomic E-state index is 0.140. The Bertz CT molecular complexity index is 449. The van der Waals surface area contributed by atoms with Gasteiger partial charge in [-0.2, -0.15) is 0 Å². The summed E-state index contributed by atoms with van der Waals surface area (Å²) in [4.78, 5) is 20.8. The van der Waals surface area contributed by atoms with Crippen molar-refractivity contribution in [3.63, 3.8) is 0 Å². The quantitative estimate of drug-likeness (QED) is 0.850. The van der Waals surface area contributed by atoms with Crippen LogP contribution in [0.2, 0.25) is 0 Å². The lowest BCUT2D eigenvalue weighted by molar-refractivity contribution is -0.130. The van der Waals surface area contributed by atoms with Crippen LogP contribution < -0.4 is 5.73 Å². The molecule has 0 radical (unpaired) electrons. The Kier molecular flexibility index (Phi) is 5.95. The van der Waals surface area contributed by atoms with Crippen LogP contribution in [0.1, 0.15) is 12.1 Å². The van der Waals surface area contributed by atoms with E-state index in [-0.39, 0.29) is 5.91 Å². The van der Waals surface area contributed by atoms with Crippen LogP contribution in [0, 0.1) is 0 Å². The molecule has 0 spiro atoms. The van der Waals surface area contributed by atoms with Gasteiger partial charge in [-0.1, -0.05) is 0 Å². The topological polar surface area (TPSA) is 71.7 Å². The second-order valence-electron chi connectivity index (χ2n) is 5.33. The highest BCUT2D eigenvalue weighted by Gasteiger charge is 2.19. The highest BCUT2D eigenvalue weighted by atomic mass is 16.5. The summed E-state index contributed by atoms with van der Waals surface area (Å²) in [5.41, 5.74) is 7.00. The average Bonchev–Trinajstić information content (AvgIpc) is 2.73. The fraction of sp³-hybridized carbons (Fsp3) is 0.600. The maximum atomic E-state index is 12.3. The lowest BCUT2D eigenvalue weighted by Gasteiger charge is -2.21. The number of aromatic nitrogens is 1. The van der Waals surface area contributed by atoms with E-state index in [4.69, 9.17) is 10.5 Å². The van der Waals surface area contributed by atoms with E-state index in [0.29, 0.717) is 12.1 Å². The summed E-state index contributed by atoms with van der Waals surface area (Å²) >= 11 is 0. The van der Waals surface area contributed by atoms with Gasteiger partial charge in [0.05, 0.1) is 24.9 Å². The normalized spacial score (nSPS) is 16.7. The molecule has 1 aromatic heterocycles. The van der Waals surface area contributed by atoms with Crippen molar-refractivity contribution in [3.8, 4) is 0 Å². The Morgan fingerprint density at radius 3 is 2.90 bits per heavy atom. The predicted octanol–water partition coefficient (Wildman–Crippen LogP) is 0.387. The molecule has 1 aliphatic rings. The maximum absolute atomic E-state index is 12.3. The first-order valence-corrected chi connectivity index (χ1v) is 7.38. The second kappa shape index (κ2) is 7.95. The Morgan fingerprint density at radius 2 is 2.19 bits per heavy atom. The number of nitrogen functional groups attached to an aromatic ring is 1. The monoisotopic (exact) mass is 292 g/mol. The molecule has 0 atom stereocenters. The van der Waals surface area contributed by atoms with Crippen LogP contribution >= 0.6 is 0 Å². The van der Waals surface area contributed by atoms with E-state index >= 15 is 0 Å². The van der Waals surface area contributed by atoms with Gasteiger partial charge >= 0.3 is 0 Å². The van der Waals surface area contributed by atoms with Crippen LogP contribution in [0.4, 0.5) is 5.69 Å². The molecule has 6 nitrogen and oxygen atoms in total. The van der Waals surface area contributed by atoms with Gasteiger partial charge in [0.25, 0.3) is 0 Å². The molecule has 116 valence electrons. The molecule has 1 aliphatic heterocycles. The van der Waals surface area contributed by atoms with Crippen LogP contribution in [0.15, 0.2) is 18.3 Å². The van der Waals surface area contributed by atoms with Crippen LogP contribution in [0.3, 0.4) is 0 Å². The molecule has 0 aliphatic carbocycles. The number of hydrogen-bond acceptors (Lipinski definition) is 5. The molecule has 21 heavy (non-hydrogen) atoms. The Morgan fingerprint density at radius 1 is 1.33 bits per heavy atom. The molecule has 0 aromatic carbocycles. The average molecular weight is 292 g/mol. The summed E-state index contributed by atoms with van der Waals surface area (Å²) in [7, 11) is 1.72. The van der Waals surface area contributed by atoms with Gasteiger partial charge in [0.2, 0.25) is 5.91 Å². The number of carbonyl (C=O) groups is 1. The van der Waals surface area contributed by atoms with Crippen molar-refractivity contribution in [1.82, 2.24) is 14.8 Å². The van der Waals surface area contributed by atoms with Gasteiger partial charge in [-0.15, -0.1) is 0 Å². The lowest BCUT2D eigenvalue weighted by Crippen LogP contribution is -2.36. The number of nitrogens with two attached hydrogens (primary N) is 1. The van der Waals surface area contributed by atoms with Crippen LogP contribution in [0.5, 0.6) is 0 Å². The van der Waals surface area contributed by atoms with Crippen molar-refractivity contribution in [2.45, 2.75) is 12.8 Å². The molecule has 1 aromatic rings. The molecule has 1 amide bonds. The van der Waals surface area contributed by atoms with E-state index in [2.05, 4.69) is 9.88 Å². The summed E-state index contributed by atoms with van der Waals surface area (Å²) in [5.74, 6) is 0.140. The van der Waals surface area contributed by atoms with Crippen molar-refractivity contribution in [2.24, 2.45) is 0 Å². The second-order valence-corrected chi connectivity index (χ2v) is 5.33. The van der Waals surface area contributed by atoms with E-state index in [1.165, 1.54) is 0 Å². The number of amides is 1.